The molecule has 0 bridgehead atoms. The monoisotopic (exact) mass is 342 g/mol. The largest absolute Gasteiger partial charge is 0.388 e. The third-order valence-corrected chi connectivity index (χ3v) is 5.13. The van der Waals surface area contributed by atoms with E-state index >= 15 is 0 Å². The summed E-state index contributed by atoms with van der Waals surface area (Å²) in [5.41, 5.74) is 3.45. The van der Waals surface area contributed by atoms with E-state index in [4.69, 9.17) is 0 Å². The maximum Gasteiger partial charge on any atom is 0.227 e. The minimum atomic E-state index is -0.120. The first-order valence-corrected chi connectivity index (χ1v) is 8.82. The Morgan fingerprint density at radius 1 is 1.32 bits per heavy atom. The second-order valence-electron chi connectivity index (χ2n) is 6.98. The molecule has 1 atom stereocenters. The van der Waals surface area contributed by atoms with Gasteiger partial charge in [0.25, 0.3) is 0 Å². The van der Waals surface area contributed by atoms with Gasteiger partial charge in [0.15, 0.2) is 5.82 Å². The van der Waals surface area contributed by atoms with Crippen molar-refractivity contribution in [2.75, 3.05) is 13.1 Å². The van der Waals surface area contributed by atoms with Gasteiger partial charge in [-0.3, -0.25) is 4.79 Å². The molecule has 0 spiro atoms. The molecule has 1 unspecified atom stereocenters. The number of aliphatic hydroxyl groups is 1. The third-order valence-electron chi connectivity index (χ3n) is 5.13. The summed E-state index contributed by atoms with van der Waals surface area (Å²) in [6.07, 6.45) is 2.40. The molecular formula is C19H26N4O2. The Kier molecular flexibility index (Phi) is 5.18. The van der Waals surface area contributed by atoms with Crippen LogP contribution in [-0.2, 0) is 24.9 Å². The summed E-state index contributed by atoms with van der Waals surface area (Å²) in [5, 5.41) is 17.6. The van der Waals surface area contributed by atoms with E-state index in [1.165, 1.54) is 5.56 Å². The van der Waals surface area contributed by atoms with Crippen LogP contribution in [-0.4, -0.2) is 43.8 Å². The lowest BCUT2D eigenvalue weighted by atomic mass is 9.96. The van der Waals surface area contributed by atoms with Gasteiger partial charge in [-0.2, -0.15) is 0 Å². The predicted molar refractivity (Wildman–Crippen MR) is 95.1 cm³/mol. The Labute approximate surface area is 148 Å². The van der Waals surface area contributed by atoms with Crippen molar-refractivity contribution in [3.8, 4) is 0 Å². The van der Waals surface area contributed by atoms with Gasteiger partial charge in [0, 0.05) is 26.1 Å². The van der Waals surface area contributed by atoms with Crippen LogP contribution >= 0.6 is 0 Å². The Morgan fingerprint density at radius 3 is 2.84 bits per heavy atom. The molecule has 2 aromatic rings. The van der Waals surface area contributed by atoms with E-state index in [1.807, 2.05) is 16.5 Å². The number of rotatable bonds is 4. The molecule has 25 heavy (non-hydrogen) atoms. The number of nitrogens with zero attached hydrogens (tertiary/aromatic N) is 4. The molecule has 0 radical (unpaired) electrons. The fraction of sp³-hybridized carbons (Fsp3) is 0.526. The van der Waals surface area contributed by atoms with Crippen LogP contribution in [0.5, 0.6) is 0 Å². The average molecular weight is 342 g/mol. The smallest absolute Gasteiger partial charge is 0.227 e. The van der Waals surface area contributed by atoms with Gasteiger partial charge >= 0.3 is 0 Å². The molecule has 1 N–H and O–H groups in total. The van der Waals surface area contributed by atoms with E-state index in [2.05, 4.69) is 42.2 Å². The van der Waals surface area contributed by atoms with Crippen molar-refractivity contribution in [3.05, 3.63) is 46.5 Å². The van der Waals surface area contributed by atoms with Crippen LogP contribution in [0.3, 0.4) is 0 Å². The predicted octanol–water partition coefficient (Wildman–Crippen LogP) is 1.87. The lowest BCUT2D eigenvalue weighted by Crippen LogP contribution is -2.40. The molecule has 1 saturated heterocycles. The SMILES string of the molecule is Cc1ccc(C)c(CC(=O)N2CCCC(c3nnc(CO)n3C)C2)c1. The van der Waals surface area contributed by atoms with Crippen molar-refractivity contribution in [1.29, 1.82) is 0 Å². The second kappa shape index (κ2) is 7.35. The quantitative estimate of drug-likeness (QED) is 0.921. The topological polar surface area (TPSA) is 71.2 Å². The summed E-state index contributed by atoms with van der Waals surface area (Å²) in [6.45, 7) is 5.45. The van der Waals surface area contributed by atoms with E-state index in [1.54, 1.807) is 0 Å². The molecule has 2 heterocycles. The zero-order valence-electron chi connectivity index (χ0n) is 15.2. The number of carbonyl (C=O) groups excluding carboxylic acids is 1. The van der Waals surface area contributed by atoms with Gasteiger partial charge in [0.05, 0.1) is 6.42 Å². The highest BCUT2D eigenvalue weighted by molar-refractivity contribution is 5.79. The molecule has 134 valence electrons. The highest BCUT2D eigenvalue weighted by Gasteiger charge is 2.28. The van der Waals surface area contributed by atoms with Crippen LogP contribution in [0.15, 0.2) is 18.2 Å². The Bertz CT molecular complexity index is 769. The first kappa shape index (κ1) is 17.6. The molecule has 1 aromatic heterocycles. The van der Waals surface area contributed by atoms with Crippen molar-refractivity contribution in [2.45, 2.75) is 45.6 Å². The van der Waals surface area contributed by atoms with Gasteiger partial charge in [0.1, 0.15) is 12.4 Å². The molecule has 6 heteroatoms. The minimum absolute atomic E-state index is 0.120. The van der Waals surface area contributed by atoms with Crippen molar-refractivity contribution in [1.82, 2.24) is 19.7 Å². The van der Waals surface area contributed by atoms with Gasteiger partial charge in [-0.15, -0.1) is 10.2 Å². The number of aryl methyl sites for hydroxylation is 2. The van der Waals surface area contributed by atoms with Crippen LogP contribution < -0.4 is 0 Å². The van der Waals surface area contributed by atoms with Crippen LogP contribution in [0.4, 0.5) is 0 Å². The number of aliphatic hydroxyl groups excluding tert-OH is 1. The van der Waals surface area contributed by atoms with Crippen LogP contribution in [0.1, 0.15) is 47.1 Å². The first-order valence-electron chi connectivity index (χ1n) is 8.82. The molecule has 1 aliphatic heterocycles. The second-order valence-corrected chi connectivity index (χ2v) is 6.98. The molecule has 1 fully saturated rings. The van der Waals surface area contributed by atoms with Gasteiger partial charge in [-0.25, -0.2) is 0 Å². The molecule has 1 aliphatic rings. The van der Waals surface area contributed by atoms with Crippen molar-refractivity contribution >= 4 is 5.91 Å². The number of likely N-dealkylation sites (tertiary alicyclic amines) is 1. The lowest BCUT2D eigenvalue weighted by Gasteiger charge is -2.32. The molecule has 6 nitrogen and oxygen atoms in total. The summed E-state index contributed by atoms with van der Waals surface area (Å²) in [5.74, 6) is 1.76. The van der Waals surface area contributed by atoms with Gasteiger partial charge in [0.2, 0.25) is 5.91 Å². The van der Waals surface area contributed by atoms with Gasteiger partial charge in [-0.05, 0) is 37.8 Å². The third kappa shape index (κ3) is 3.74. The zero-order valence-corrected chi connectivity index (χ0v) is 15.2. The maximum absolute atomic E-state index is 12.8. The lowest BCUT2D eigenvalue weighted by molar-refractivity contribution is -0.131. The fourth-order valence-corrected chi connectivity index (χ4v) is 3.55. The van der Waals surface area contributed by atoms with E-state index in [0.717, 1.165) is 36.3 Å². The van der Waals surface area contributed by atoms with Crippen LogP contribution in [0.2, 0.25) is 0 Å². The van der Waals surface area contributed by atoms with Crippen molar-refractivity contribution in [2.24, 2.45) is 7.05 Å². The number of hydrogen-bond acceptors (Lipinski definition) is 4. The summed E-state index contributed by atoms with van der Waals surface area (Å²) < 4.78 is 1.85. The highest BCUT2D eigenvalue weighted by atomic mass is 16.3. The summed E-state index contributed by atoms with van der Waals surface area (Å²) in [4.78, 5) is 14.7. The Morgan fingerprint density at radius 2 is 2.12 bits per heavy atom. The van der Waals surface area contributed by atoms with Crippen molar-refractivity contribution < 1.29 is 9.90 Å². The zero-order chi connectivity index (χ0) is 18.0. The standard InChI is InChI=1S/C19H26N4O2/c1-13-6-7-14(2)16(9-13)10-18(25)23-8-4-5-15(11-23)19-21-20-17(12-24)22(19)3/h6-7,9,15,24H,4-5,8,10-12H2,1-3H3. The van der Waals surface area contributed by atoms with Crippen LogP contribution in [0, 0.1) is 13.8 Å². The first-order chi connectivity index (χ1) is 12.0. The fourth-order valence-electron chi connectivity index (χ4n) is 3.55. The van der Waals surface area contributed by atoms with E-state index in [9.17, 15) is 9.90 Å². The molecule has 0 saturated carbocycles. The van der Waals surface area contributed by atoms with Crippen LogP contribution in [0.25, 0.3) is 0 Å². The molecule has 1 amide bonds. The Hall–Kier alpha value is -2.21. The highest BCUT2D eigenvalue weighted by Crippen LogP contribution is 2.26. The number of aromatic nitrogens is 3. The number of benzene rings is 1. The normalized spacial score (nSPS) is 17.8. The van der Waals surface area contributed by atoms with Gasteiger partial charge < -0.3 is 14.6 Å². The number of carbonyl (C=O) groups is 1. The van der Waals surface area contributed by atoms with E-state index in [-0.39, 0.29) is 18.4 Å². The van der Waals surface area contributed by atoms with E-state index < -0.39 is 0 Å². The van der Waals surface area contributed by atoms with E-state index in [0.29, 0.717) is 18.8 Å². The molecule has 3 rings (SSSR count). The summed E-state index contributed by atoms with van der Waals surface area (Å²) in [7, 11) is 1.87. The average Bonchev–Trinajstić information content (AvgIpc) is 2.99. The number of amides is 1. The number of hydrogen-bond donors (Lipinski definition) is 1. The summed E-state index contributed by atoms with van der Waals surface area (Å²) in [6, 6.07) is 6.25. The van der Waals surface area contributed by atoms with Crippen molar-refractivity contribution in [3.63, 3.8) is 0 Å². The molecule has 1 aromatic carbocycles. The minimum Gasteiger partial charge on any atom is -0.388 e. The summed E-state index contributed by atoms with van der Waals surface area (Å²) >= 11 is 0. The number of piperidine rings is 1. The van der Waals surface area contributed by atoms with Gasteiger partial charge in [-0.1, -0.05) is 23.8 Å². The Balaban J connectivity index is 1.71. The molecule has 0 aliphatic carbocycles. The maximum atomic E-state index is 12.8. The molecular weight excluding hydrogens is 316 g/mol.